The molecule has 0 saturated carbocycles. The van der Waals surface area contributed by atoms with Gasteiger partial charge in [0.2, 0.25) is 0 Å². The molecule has 0 aliphatic heterocycles. The van der Waals surface area contributed by atoms with Gasteiger partial charge in [0.05, 0.1) is 26.7 Å². The first-order valence-corrected chi connectivity index (χ1v) is 9.85. The van der Waals surface area contributed by atoms with E-state index in [2.05, 4.69) is 41.9 Å². The van der Waals surface area contributed by atoms with Crippen molar-refractivity contribution in [2.75, 3.05) is 4.72 Å². The molecule has 0 spiro atoms. The largest absolute Gasteiger partial charge is 0.323 e. The topological polar surface area (TPSA) is 40.8 Å². The third kappa shape index (κ3) is 3.81. The number of nitriles is 1. The van der Waals surface area contributed by atoms with Crippen molar-refractivity contribution in [1.29, 1.82) is 5.26 Å². The first-order chi connectivity index (χ1) is 9.13. The smallest absolute Gasteiger partial charge is 0.148 e. The Hall–Kier alpha value is -0.370. The predicted octanol–water partition coefficient (Wildman–Crippen LogP) is 5.23. The SMILES string of the molecule is N#Cc1ccc(NSc2cn(SI)cc2Br)c(F)c1. The van der Waals surface area contributed by atoms with Gasteiger partial charge in [-0.25, -0.2) is 4.39 Å². The fraction of sp³-hybridized carbons (Fsp3) is 0. The standard InChI is InChI=1S/C11H6BrFIN3S2/c12-8-5-17(19-14)6-11(8)18-16-10-2-1-7(4-15)3-9(10)13/h1-3,5-6,16H. The van der Waals surface area contributed by atoms with Crippen molar-refractivity contribution in [3.63, 3.8) is 0 Å². The van der Waals surface area contributed by atoms with Crippen molar-refractivity contribution in [2.24, 2.45) is 0 Å². The Labute approximate surface area is 138 Å². The molecule has 2 aromatic rings. The number of aromatic nitrogens is 1. The van der Waals surface area contributed by atoms with Crippen LogP contribution in [0.4, 0.5) is 10.1 Å². The van der Waals surface area contributed by atoms with E-state index in [-0.39, 0.29) is 0 Å². The second kappa shape index (κ2) is 6.88. The zero-order valence-electron chi connectivity index (χ0n) is 9.23. The molecule has 1 aromatic carbocycles. The van der Waals surface area contributed by atoms with Crippen LogP contribution in [0, 0.1) is 17.1 Å². The molecule has 19 heavy (non-hydrogen) atoms. The predicted molar refractivity (Wildman–Crippen MR) is 89.7 cm³/mol. The van der Waals surface area contributed by atoms with E-state index < -0.39 is 5.82 Å². The minimum Gasteiger partial charge on any atom is -0.323 e. The van der Waals surface area contributed by atoms with Crippen LogP contribution in [0.15, 0.2) is 40.0 Å². The van der Waals surface area contributed by atoms with Crippen LogP contribution in [0.5, 0.6) is 0 Å². The molecule has 1 N–H and O–H groups in total. The molecule has 0 radical (unpaired) electrons. The normalized spacial score (nSPS) is 10.2. The summed E-state index contributed by atoms with van der Waals surface area (Å²) in [5.74, 6) is -0.439. The van der Waals surface area contributed by atoms with Crippen LogP contribution >= 0.6 is 58.2 Å². The van der Waals surface area contributed by atoms with Crippen molar-refractivity contribution in [3.05, 3.63) is 46.4 Å². The number of benzene rings is 1. The summed E-state index contributed by atoms with van der Waals surface area (Å²) in [6, 6.07) is 6.24. The van der Waals surface area contributed by atoms with Crippen LogP contribution in [0.2, 0.25) is 0 Å². The molecule has 0 bridgehead atoms. The summed E-state index contributed by atoms with van der Waals surface area (Å²) in [5.41, 5.74) is 0.660. The van der Waals surface area contributed by atoms with Gasteiger partial charge in [-0.1, -0.05) is 0 Å². The van der Waals surface area contributed by atoms with Crippen LogP contribution < -0.4 is 4.72 Å². The summed E-state index contributed by atoms with van der Waals surface area (Å²) in [6.07, 6.45) is 3.86. The second-order valence-corrected chi connectivity index (χ2v) is 6.85. The van der Waals surface area contributed by atoms with E-state index in [4.69, 9.17) is 5.26 Å². The summed E-state index contributed by atoms with van der Waals surface area (Å²) in [4.78, 5) is 0.952. The maximum Gasteiger partial charge on any atom is 0.148 e. The lowest BCUT2D eigenvalue weighted by molar-refractivity contribution is 0.632. The highest BCUT2D eigenvalue weighted by molar-refractivity contribution is 14.2. The van der Waals surface area contributed by atoms with Gasteiger partial charge in [-0.3, -0.25) is 3.97 Å². The lowest BCUT2D eigenvalue weighted by Gasteiger charge is -2.05. The van der Waals surface area contributed by atoms with E-state index >= 15 is 0 Å². The molecule has 3 nitrogen and oxygen atoms in total. The van der Waals surface area contributed by atoms with Crippen molar-refractivity contribution >= 4 is 63.9 Å². The lowest BCUT2D eigenvalue weighted by Crippen LogP contribution is -1.91. The molecule has 1 heterocycles. The van der Waals surface area contributed by atoms with Gasteiger partial charge in [0.1, 0.15) is 5.82 Å². The van der Waals surface area contributed by atoms with Crippen molar-refractivity contribution in [1.82, 2.24) is 3.97 Å². The van der Waals surface area contributed by atoms with Crippen LogP contribution in [0.25, 0.3) is 0 Å². The molecule has 0 unspecified atom stereocenters. The molecule has 98 valence electrons. The quantitative estimate of drug-likeness (QED) is 0.491. The minimum atomic E-state index is -0.439. The van der Waals surface area contributed by atoms with E-state index in [1.165, 1.54) is 27.1 Å². The van der Waals surface area contributed by atoms with Crippen molar-refractivity contribution in [3.8, 4) is 6.07 Å². The molecule has 1 aromatic heterocycles. The average Bonchev–Trinajstić information content (AvgIpc) is 2.78. The van der Waals surface area contributed by atoms with Crippen molar-refractivity contribution in [2.45, 2.75) is 4.90 Å². The van der Waals surface area contributed by atoms with Gasteiger partial charge in [-0.15, -0.1) is 0 Å². The second-order valence-electron chi connectivity index (χ2n) is 3.41. The van der Waals surface area contributed by atoms with E-state index in [0.717, 1.165) is 9.37 Å². The van der Waals surface area contributed by atoms with Gasteiger partial charge in [-0.05, 0) is 46.1 Å². The average molecular weight is 470 g/mol. The fourth-order valence-electron chi connectivity index (χ4n) is 1.28. The van der Waals surface area contributed by atoms with Crippen LogP contribution in [-0.2, 0) is 0 Å². The molecule has 0 saturated heterocycles. The lowest BCUT2D eigenvalue weighted by atomic mass is 10.2. The summed E-state index contributed by atoms with van der Waals surface area (Å²) in [7, 11) is 1.54. The van der Waals surface area contributed by atoms with Crippen LogP contribution in [0.3, 0.4) is 0 Å². The Morgan fingerprint density at radius 1 is 1.42 bits per heavy atom. The fourth-order valence-corrected chi connectivity index (χ4v) is 3.72. The molecular weight excluding hydrogens is 464 g/mol. The molecular formula is C11H6BrFIN3S2. The molecule has 0 amide bonds. The molecule has 0 fully saturated rings. The molecule has 0 aliphatic carbocycles. The van der Waals surface area contributed by atoms with Gasteiger partial charge in [0.25, 0.3) is 0 Å². The number of anilines is 1. The Balaban J connectivity index is 2.10. The van der Waals surface area contributed by atoms with Gasteiger partial charge in [0.15, 0.2) is 0 Å². The Bertz CT molecular complexity index is 641. The molecule has 2 rings (SSSR count). The van der Waals surface area contributed by atoms with Gasteiger partial charge in [0, 0.05) is 42.7 Å². The summed E-state index contributed by atoms with van der Waals surface area (Å²) in [5, 5.41) is 8.67. The highest BCUT2D eigenvalue weighted by Crippen LogP contribution is 2.32. The summed E-state index contributed by atoms with van der Waals surface area (Å²) < 4.78 is 19.5. The Morgan fingerprint density at radius 2 is 2.21 bits per heavy atom. The maximum absolute atomic E-state index is 13.7. The highest BCUT2D eigenvalue weighted by atomic mass is 127. The molecule has 0 atom stereocenters. The molecule has 0 aliphatic rings. The third-order valence-electron chi connectivity index (χ3n) is 2.17. The first-order valence-electron chi connectivity index (χ1n) is 4.93. The van der Waals surface area contributed by atoms with E-state index in [1.54, 1.807) is 12.1 Å². The van der Waals surface area contributed by atoms with Crippen molar-refractivity contribution < 1.29 is 4.39 Å². The minimum absolute atomic E-state index is 0.307. The van der Waals surface area contributed by atoms with Gasteiger partial charge in [-0.2, -0.15) is 5.26 Å². The maximum atomic E-state index is 13.7. The zero-order chi connectivity index (χ0) is 13.8. The Morgan fingerprint density at radius 3 is 2.79 bits per heavy atom. The van der Waals surface area contributed by atoms with Gasteiger partial charge >= 0.3 is 0 Å². The third-order valence-corrected chi connectivity index (χ3v) is 5.67. The van der Waals surface area contributed by atoms with E-state index in [1.807, 2.05) is 22.4 Å². The number of hydrogen-bond acceptors (Lipinski definition) is 4. The monoisotopic (exact) mass is 469 g/mol. The van der Waals surface area contributed by atoms with E-state index in [9.17, 15) is 4.39 Å². The highest BCUT2D eigenvalue weighted by Gasteiger charge is 2.08. The van der Waals surface area contributed by atoms with Crippen LogP contribution in [-0.4, -0.2) is 3.97 Å². The summed E-state index contributed by atoms with van der Waals surface area (Å²) >= 11 is 6.92. The summed E-state index contributed by atoms with van der Waals surface area (Å²) in [6.45, 7) is 0. The Kier molecular flexibility index (Phi) is 5.44. The van der Waals surface area contributed by atoms with Gasteiger partial charge < -0.3 is 4.72 Å². The number of halogens is 3. The number of nitrogens with zero attached hydrogens (tertiary/aromatic N) is 2. The number of rotatable bonds is 4. The van der Waals surface area contributed by atoms with Crippen LogP contribution in [0.1, 0.15) is 5.56 Å². The first kappa shape index (κ1) is 15.0. The number of hydrogen-bond donors (Lipinski definition) is 1. The zero-order valence-corrected chi connectivity index (χ0v) is 14.6. The molecule has 8 heteroatoms. The van der Waals surface area contributed by atoms with E-state index in [0.29, 0.717) is 11.3 Å². The number of nitrogens with one attached hydrogen (secondary N) is 1.